The van der Waals surface area contributed by atoms with Crippen molar-refractivity contribution in [1.29, 1.82) is 5.26 Å². The van der Waals surface area contributed by atoms with Crippen LogP contribution in [0.1, 0.15) is 63.0 Å². The predicted molar refractivity (Wildman–Crippen MR) is 130 cm³/mol. The van der Waals surface area contributed by atoms with E-state index in [1.54, 1.807) is 32.4 Å². The van der Waals surface area contributed by atoms with Gasteiger partial charge in [0.2, 0.25) is 0 Å². The molecule has 0 N–H and O–H groups in total. The summed E-state index contributed by atoms with van der Waals surface area (Å²) in [7, 11) is 3.16. The zero-order valence-electron chi connectivity index (χ0n) is 19.8. The highest BCUT2D eigenvalue weighted by molar-refractivity contribution is 5.90. The lowest BCUT2D eigenvalue weighted by Crippen LogP contribution is -2.25. The van der Waals surface area contributed by atoms with Crippen LogP contribution >= 0.6 is 0 Å². The van der Waals surface area contributed by atoms with Crippen molar-refractivity contribution >= 4 is 17.6 Å². The molecule has 5 nitrogen and oxygen atoms in total. The lowest BCUT2D eigenvalue weighted by Gasteiger charge is -2.27. The van der Waals surface area contributed by atoms with E-state index in [2.05, 4.69) is 13.0 Å². The van der Waals surface area contributed by atoms with Crippen LogP contribution in [0.5, 0.6) is 17.2 Å². The number of nitriles is 1. The van der Waals surface area contributed by atoms with Crippen LogP contribution in [0.4, 0.5) is 0 Å². The molecule has 1 aliphatic rings. The van der Waals surface area contributed by atoms with Crippen LogP contribution < -0.4 is 14.2 Å². The minimum atomic E-state index is -0.179. The molecule has 2 aromatic carbocycles. The van der Waals surface area contributed by atoms with Gasteiger partial charge in [0.1, 0.15) is 5.75 Å². The van der Waals surface area contributed by atoms with Crippen molar-refractivity contribution in [2.24, 2.45) is 11.8 Å². The van der Waals surface area contributed by atoms with Gasteiger partial charge in [-0.3, -0.25) is 4.79 Å². The summed E-state index contributed by atoms with van der Waals surface area (Å²) >= 11 is 0. The van der Waals surface area contributed by atoms with E-state index < -0.39 is 0 Å². The number of rotatable bonds is 9. The SMILES string of the molecule is CCCCC1CCC(C(=O)Oc2ccc(/C=C(/C#N)c3ccc(OC)cc3)cc2OC)CC1. The van der Waals surface area contributed by atoms with E-state index in [9.17, 15) is 10.1 Å². The smallest absolute Gasteiger partial charge is 0.314 e. The number of hydrogen-bond donors (Lipinski definition) is 0. The number of ether oxygens (including phenoxy) is 3. The Labute approximate surface area is 197 Å². The highest BCUT2D eigenvalue weighted by Crippen LogP contribution is 2.35. The fraction of sp³-hybridized carbons (Fsp3) is 0.429. The number of allylic oxidation sites excluding steroid dienone is 1. The first-order valence-corrected chi connectivity index (χ1v) is 11.7. The Balaban J connectivity index is 1.68. The zero-order valence-corrected chi connectivity index (χ0v) is 19.8. The van der Waals surface area contributed by atoms with Crippen LogP contribution in [0, 0.1) is 23.2 Å². The third-order valence-corrected chi connectivity index (χ3v) is 6.38. The Morgan fingerprint density at radius 2 is 1.76 bits per heavy atom. The van der Waals surface area contributed by atoms with Gasteiger partial charge < -0.3 is 14.2 Å². The van der Waals surface area contributed by atoms with Crippen molar-refractivity contribution < 1.29 is 19.0 Å². The topological polar surface area (TPSA) is 68.6 Å². The van der Waals surface area contributed by atoms with E-state index in [4.69, 9.17) is 14.2 Å². The molecule has 0 bridgehead atoms. The molecule has 0 spiro atoms. The monoisotopic (exact) mass is 447 g/mol. The zero-order chi connectivity index (χ0) is 23.6. The third-order valence-electron chi connectivity index (χ3n) is 6.38. The molecule has 5 heteroatoms. The van der Waals surface area contributed by atoms with Crippen LogP contribution in [0.2, 0.25) is 0 Å². The number of methoxy groups -OCH3 is 2. The number of nitrogens with zero attached hydrogens (tertiary/aromatic N) is 1. The Bertz CT molecular complexity index is 996. The van der Waals surface area contributed by atoms with Crippen LogP contribution in [0.15, 0.2) is 42.5 Å². The second-order valence-corrected chi connectivity index (χ2v) is 8.59. The van der Waals surface area contributed by atoms with Crippen LogP contribution in [-0.2, 0) is 4.79 Å². The first-order chi connectivity index (χ1) is 16.1. The average molecular weight is 448 g/mol. The summed E-state index contributed by atoms with van der Waals surface area (Å²) in [5.41, 5.74) is 2.10. The number of benzene rings is 2. The second-order valence-electron chi connectivity index (χ2n) is 8.59. The molecule has 0 aromatic heterocycles. The number of carbonyl (C=O) groups is 1. The van der Waals surface area contributed by atoms with Gasteiger partial charge in [0.05, 0.1) is 31.8 Å². The highest BCUT2D eigenvalue weighted by atomic mass is 16.6. The normalized spacial score (nSPS) is 18.3. The van der Waals surface area contributed by atoms with Gasteiger partial charge in [-0.25, -0.2) is 0 Å². The minimum Gasteiger partial charge on any atom is -0.497 e. The van der Waals surface area contributed by atoms with E-state index in [1.807, 2.05) is 30.3 Å². The lowest BCUT2D eigenvalue weighted by atomic mass is 9.80. The maximum Gasteiger partial charge on any atom is 0.314 e. The molecule has 0 heterocycles. The molecule has 0 amide bonds. The molecule has 1 saturated carbocycles. The molecule has 0 aliphatic heterocycles. The van der Waals surface area contributed by atoms with Gasteiger partial charge in [0, 0.05) is 0 Å². The second kappa shape index (κ2) is 12.1. The van der Waals surface area contributed by atoms with Gasteiger partial charge in [-0.15, -0.1) is 0 Å². The summed E-state index contributed by atoms with van der Waals surface area (Å²) in [6.45, 7) is 2.22. The molecular formula is C28H33NO4. The molecule has 0 unspecified atom stereocenters. The first-order valence-electron chi connectivity index (χ1n) is 11.7. The summed E-state index contributed by atoms with van der Waals surface area (Å²) in [5.74, 6) is 2.14. The Morgan fingerprint density at radius 3 is 2.36 bits per heavy atom. The standard InChI is InChI=1S/C28H33NO4/c1-4-5-6-20-7-10-23(11-8-20)28(30)33-26-16-9-21(18-27(26)32-3)17-24(19-29)22-12-14-25(31-2)15-13-22/h9,12-18,20,23H,4-8,10-11H2,1-3H3/b24-17-. The van der Waals surface area contributed by atoms with E-state index in [0.717, 1.165) is 48.5 Å². The summed E-state index contributed by atoms with van der Waals surface area (Å²) < 4.78 is 16.4. The van der Waals surface area contributed by atoms with Crippen molar-refractivity contribution in [2.45, 2.75) is 51.9 Å². The number of unbranched alkanes of at least 4 members (excludes halogenated alkanes) is 1. The van der Waals surface area contributed by atoms with Crippen molar-refractivity contribution in [1.82, 2.24) is 0 Å². The lowest BCUT2D eigenvalue weighted by molar-refractivity contribution is -0.140. The predicted octanol–water partition coefficient (Wildman–Crippen LogP) is 6.67. The molecule has 174 valence electrons. The van der Waals surface area contributed by atoms with Crippen molar-refractivity contribution in [3.8, 4) is 23.3 Å². The fourth-order valence-electron chi connectivity index (χ4n) is 4.35. The van der Waals surface area contributed by atoms with Crippen molar-refractivity contribution in [3.05, 3.63) is 53.6 Å². The third kappa shape index (κ3) is 6.61. The van der Waals surface area contributed by atoms with Crippen molar-refractivity contribution in [2.75, 3.05) is 14.2 Å². The molecule has 2 aromatic rings. The van der Waals surface area contributed by atoms with Crippen molar-refractivity contribution in [3.63, 3.8) is 0 Å². The van der Waals surface area contributed by atoms with Gasteiger partial charge >= 0.3 is 5.97 Å². The molecule has 1 aliphatic carbocycles. The highest BCUT2D eigenvalue weighted by Gasteiger charge is 2.28. The maximum atomic E-state index is 12.8. The summed E-state index contributed by atoms with van der Waals surface area (Å²) in [4.78, 5) is 12.8. The fourth-order valence-corrected chi connectivity index (χ4v) is 4.35. The van der Waals surface area contributed by atoms with Crippen LogP contribution in [-0.4, -0.2) is 20.2 Å². The maximum absolute atomic E-state index is 12.8. The Hall–Kier alpha value is -3.26. The van der Waals surface area contributed by atoms with Gasteiger partial charge in [0.25, 0.3) is 0 Å². The van der Waals surface area contributed by atoms with Gasteiger partial charge in [0.15, 0.2) is 11.5 Å². The van der Waals surface area contributed by atoms with E-state index in [0.29, 0.717) is 17.1 Å². The van der Waals surface area contributed by atoms with Gasteiger partial charge in [-0.1, -0.05) is 32.3 Å². The van der Waals surface area contributed by atoms with Gasteiger partial charge in [-0.2, -0.15) is 5.26 Å². The average Bonchev–Trinajstić information content (AvgIpc) is 2.87. The summed E-state index contributed by atoms with van der Waals surface area (Å²) in [6, 6.07) is 14.9. The molecule has 0 atom stereocenters. The molecule has 0 radical (unpaired) electrons. The number of carbonyl (C=O) groups excluding carboxylic acids is 1. The van der Waals surface area contributed by atoms with Crippen LogP contribution in [0.3, 0.4) is 0 Å². The minimum absolute atomic E-state index is 0.0487. The molecule has 0 saturated heterocycles. The summed E-state index contributed by atoms with van der Waals surface area (Å²) in [6.07, 6.45) is 9.53. The number of esters is 1. The largest absolute Gasteiger partial charge is 0.497 e. The molecule has 33 heavy (non-hydrogen) atoms. The van der Waals surface area contributed by atoms with Crippen LogP contribution in [0.25, 0.3) is 11.6 Å². The molecule has 1 fully saturated rings. The Kier molecular flexibility index (Phi) is 8.95. The van der Waals surface area contributed by atoms with Gasteiger partial charge in [-0.05, 0) is 85.2 Å². The molecular weight excluding hydrogens is 414 g/mol. The van der Waals surface area contributed by atoms with E-state index >= 15 is 0 Å². The number of hydrogen-bond acceptors (Lipinski definition) is 5. The first kappa shape index (κ1) is 24.4. The molecule has 3 rings (SSSR count). The quantitative estimate of drug-likeness (QED) is 0.186. The van der Waals surface area contributed by atoms with E-state index in [1.165, 1.54) is 19.3 Å². The Morgan fingerprint density at radius 1 is 1.03 bits per heavy atom. The summed E-state index contributed by atoms with van der Waals surface area (Å²) in [5, 5.41) is 9.63. The van der Waals surface area contributed by atoms with E-state index in [-0.39, 0.29) is 11.9 Å².